The van der Waals surface area contributed by atoms with Crippen LogP contribution in [-0.2, 0) is 16.4 Å². The average Bonchev–Trinajstić information content (AvgIpc) is 2.46. The number of nitriles is 1. The summed E-state index contributed by atoms with van der Waals surface area (Å²) in [5.74, 6) is -0.510. The van der Waals surface area contributed by atoms with Gasteiger partial charge in [-0.2, -0.15) is 5.26 Å². The molecule has 0 radical (unpaired) electrons. The fraction of sp³-hybridized carbons (Fsp3) is 0.500. The minimum atomic E-state index is -3.37. The number of aryl methyl sites for hydroxylation is 1. The van der Waals surface area contributed by atoms with Crippen LogP contribution in [0, 0.1) is 23.1 Å². The highest BCUT2D eigenvalue weighted by Gasteiger charge is 2.27. The molecule has 0 saturated carbocycles. The van der Waals surface area contributed by atoms with Crippen molar-refractivity contribution >= 4 is 10.0 Å². The lowest BCUT2D eigenvalue weighted by Crippen LogP contribution is -2.39. The quantitative estimate of drug-likeness (QED) is 0.853. The van der Waals surface area contributed by atoms with E-state index >= 15 is 0 Å². The maximum absolute atomic E-state index is 13.5. The molecule has 6 heteroatoms. The molecule has 0 atom stereocenters. The highest BCUT2D eigenvalue weighted by Crippen LogP contribution is 2.19. The van der Waals surface area contributed by atoms with Crippen LogP contribution >= 0.6 is 0 Å². The number of hydrogen-bond acceptors (Lipinski definition) is 3. The summed E-state index contributed by atoms with van der Waals surface area (Å²) in [4.78, 5) is 0. The summed E-state index contributed by atoms with van der Waals surface area (Å²) >= 11 is 0. The molecule has 1 aliphatic heterocycles. The smallest absolute Gasteiger partial charge is 0.212 e. The normalized spacial score (nSPS) is 17.8. The average molecular weight is 296 g/mol. The van der Waals surface area contributed by atoms with Crippen molar-refractivity contribution in [3.05, 3.63) is 35.6 Å². The van der Waals surface area contributed by atoms with Gasteiger partial charge in [-0.05, 0) is 30.9 Å². The molecular formula is C14H17FN2O2S. The van der Waals surface area contributed by atoms with E-state index in [1.165, 1.54) is 10.4 Å². The lowest BCUT2D eigenvalue weighted by Gasteiger charge is -2.28. The second-order valence-electron chi connectivity index (χ2n) is 4.96. The van der Waals surface area contributed by atoms with Crippen LogP contribution < -0.4 is 0 Å². The van der Waals surface area contributed by atoms with Crippen molar-refractivity contribution in [2.45, 2.75) is 19.3 Å². The van der Waals surface area contributed by atoms with Crippen molar-refractivity contribution in [3.8, 4) is 6.07 Å². The Hall–Kier alpha value is -1.45. The molecule has 0 spiro atoms. The van der Waals surface area contributed by atoms with E-state index < -0.39 is 10.0 Å². The molecule has 2 rings (SSSR count). The molecule has 0 N–H and O–H groups in total. The van der Waals surface area contributed by atoms with Gasteiger partial charge in [-0.3, -0.25) is 0 Å². The van der Waals surface area contributed by atoms with Gasteiger partial charge in [0.05, 0.1) is 11.8 Å². The van der Waals surface area contributed by atoms with Crippen LogP contribution in [0.2, 0.25) is 0 Å². The molecule has 1 saturated heterocycles. The molecule has 1 aromatic carbocycles. The van der Waals surface area contributed by atoms with Gasteiger partial charge >= 0.3 is 0 Å². The molecular weight excluding hydrogens is 279 g/mol. The van der Waals surface area contributed by atoms with Crippen molar-refractivity contribution in [1.82, 2.24) is 4.31 Å². The van der Waals surface area contributed by atoms with Crippen LogP contribution in [0.25, 0.3) is 0 Å². The summed E-state index contributed by atoms with van der Waals surface area (Å²) in [6.07, 6.45) is 1.33. The fourth-order valence-corrected chi connectivity index (χ4v) is 3.84. The Morgan fingerprint density at radius 1 is 1.30 bits per heavy atom. The second-order valence-corrected chi connectivity index (χ2v) is 7.05. The Morgan fingerprint density at radius 3 is 2.55 bits per heavy atom. The number of hydrogen-bond donors (Lipinski definition) is 0. The molecule has 0 unspecified atom stereocenters. The second kappa shape index (κ2) is 6.33. The van der Waals surface area contributed by atoms with E-state index in [1.54, 1.807) is 18.2 Å². The number of sulfonamides is 1. The number of benzene rings is 1. The Kier molecular flexibility index (Phi) is 4.73. The van der Waals surface area contributed by atoms with Gasteiger partial charge < -0.3 is 0 Å². The first-order valence-electron chi connectivity index (χ1n) is 6.64. The molecule has 20 heavy (non-hydrogen) atoms. The zero-order valence-electron chi connectivity index (χ0n) is 11.1. The molecule has 108 valence electrons. The maximum atomic E-state index is 13.5. The van der Waals surface area contributed by atoms with Gasteiger partial charge in [0.25, 0.3) is 0 Å². The van der Waals surface area contributed by atoms with Gasteiger partial charge in [0, 0.05) is 19.0 Å². The first-order valence-corrected chi connectivity index (χ1v) is 8.24. The monoisotopic (exact) mass is 296 g/mol. The zero-order valence-corrected chi connectivity index (χ0v) is 11.9. The van der Waals surface area contributed by atoms with E-state index in [2.05, 4.69) is 6.07 Å². The number of nitrogens with zero attached hydrogens (tertiary/aromatic N) is 2. The topological polar surface area (TPSA) is 61.2 Å². The van der Waals surface area contributed by atoms with Gasteiger partial charge in [-0.25, -0.2) is 17.1 Å². The van der Waals surface area contributed by atoms with Crippen LogP contribution in [0.3, 0.4) is 0 Å². The zero-order chi connectivity index (χ0) is 14.6. The lowest BCUT2D eigenvalue weighted by atomic mass is 10.0. The summed E-state index contributed by atoms with van der Waals surface area (Å²) in [7, 11) is -3.37. The van der Waals surface area contributed by atoms with E-state index in [9.17, 15) is 12.8 Å². The molecule has 1 heterocycles. The Balaban J connectivity index is 1.95. The molecule has 0 aromatic heterocycles. The van der Waals surface area contributed by atoms with Crippen molar-refractivity contribution in [2.75, 3.05) is 18.8 Å². The van der Waals surface area contributed by atoms with Gasteiger partial charge in [0.1, 0.15) is 5.82 Å². The fourth-order valence-electron chi connectivity index (χ4n) is 2.33. The summed E-state index contributed by atoms with van der Waals surface area (Å²) < 4.78 is 39.2. The molecule has 1 aliphatic rings. The Bertz CT molecular complexity index is 602. The molecule has 4 nitrogen and oxygen atoms in total. The van der Waals surface area contributed by atoms with E-state index in [0.717, 1.165) is 0 Å². The van der Waals surface area contributed by atoms with Crippen LogP contribution in [0.5, 0.6) is 0 Å². The first kappa shape index (κ1) is 14.9. The van der Waals surface area contributed by atoms with E-state index in [0.29, 0.717) is 31.5 Å². The van der Waals surface area contributed by atoms with E-state index in [4.69, 9.17) is 5.26 Å². The van der Waals surface area contributed by atoms with Crippen LogP contribution in [0.15, 0.2) is 24.3 Å². The summed E-state index contributed by atoms with van der Waals surface area (Å²) in [5, 5.41) is 8.80. The lowest BCUT2D eigenvalue weighted by molar-refractivity contribution is 0.310. The van der Waals surface area contributed by atoms with E-state index in [-0.39, 0.29) is 23.9 Å². The minimum absolute atomic E-state index is 0.0481. The standard InChI is InChI=1S/C14H17FN2O2S/c15-14-4-2-1-3-13(14)7-10-20(18,19)17-8-5-12(11-16)6-9-17/h1-4,12H,5-10H2. The Morgan fingerprint density at radius 2 is 1.95 bits per heavy atom. The SMILES string of the molecule is N#CC1CCN(S(=O)(=O)CCc2ccccc2F)CC1. The predicted molar refractivity (Wildman–Crippen MR) is 73.8 cm³/mol. The third-order valence-corrected chi connectivity index (χ3v) is 5.49. The summed E-state index contributed by atoms with van der Waals surface area (Å²) in [6.45, 7) is 0.773. The van der Waals surface area contributed by atoms with Crippen molar-refractivity contribution < 1.29 is 12.8 Å². The highest BCUT2D eigenvalue weighted by molar-refractivity contribution is 7.89. The minimum Gasteiger partial charge on any atom is -0.212 e. The summed E-state index contributed by atoms with van der Waals surface area (Å²) in [6, 6.07) is 8.39. The van der Waals surface area contributed by atoms with Gasteiger partial charge in [-0.1, -0.05) is 18.2 Å². The highest BCUT2D eigenvalue weighted by atomic mass is 32.2. The van der Waals surface area contributed by atoms with Gasteiger partial charge in [0.15, 0.2) is 0 Å². The maximum Gasteiger partial charge on any atom is 0.214 e. The molecule has 0 aliphatic carbocycles. The third-order valence-electron chi connectivity index (χ3n) is 3.62. The molecule has 0 amide bonds. The predicted octanol–water partition coefficient (Wildman–Crippen LogP) is 1.93. The Labute approximate surface area is 118 Å². The van der Waals surface area contributed by atoms with E-state index in [1.807, 2.05) is 0 Å². The van der Waals surface area contributed by atoms with Crippen molar-refractivity contribution in [1.29, 1.82) is 5.26 Å². The number of rotatable bonds is 4. The number of halogens is 1. The van der Waals surface area contributed by atoms with Crippen LogP contribution in [0.1, 0.15) is 18.4 Å². The van der Waals surface area contributed by atoms with Gasteiger partial charge in [0.2, 0.25) is 10.0 Å². The largest absolute Gasteiger partial charge is 0.214 e. The van der Waals surface area contributed by atoms with Crippen LogP contribution in [0.4, 0.5) is 4.39 Å². The third kappa shape index (κ3) is 3.56. The summed E-state index contributed by atoms with van der Waals surface area (Å²) in [5.41, 5.74) is 0.419. The molecule has 0 bridgehead atoms. The van der Waals surface area contributed by atoms with Gasteiger partial charge in [-0.15, -0.1) is 0 Å². The number of piperidine rings is 1. The molecule has 1 fully saturated rings. The van der Waals surface area contributed by atoms with Crippen molar-refractivity contribution in [3.63, 3.8) is 0 Å². The molecule has 1 aromatic rings. The first-order chi connectivity index (χ1) is 9.53. The van der Waals surface area contributed by atoms with Crippen molar-refractivity contribution in [2.24, 2.45) is 5.92 Å². The van der Waals surface area contributed by atoms with Crippen LogP contribution in [-0.4, -0.2) is 31.6 Å².